The summed E-state index contributed by atoms with van der Waals surface area (Å²) in [6, 6.07) is 17.7. The fourth-order valence-corrected chi connectivity index (χ4v) is 2.99. The molecule has 0 aliphatic carbocycles. The number of nitrogens with zero attached hydrogens (tertiary/aromatic N) is 1. The summed E-state index contributed by atoms with van der Waals surface area (Å²) in [6.45, 7) is 1.41. The van der Waals surface area contributed by atoms with Crippen LogP contribution in [0.2, 0.25) is 0 Å². The number of amides is 1. The van der Waals surface area contributed by atoms with Crippen molar-refractivity contribution in [1.29, 1.82) is 0 Å². The monoisotopic (exact) mass is 375 g/mol. The Bertz CT molecular complexity index is 960. The Morgan fingerprint density at radius 1 is 0.964 bits per heavy atom. The summed E-state index contributed by atoms with van der Waals surface area (Å²) in [4.78, 5) is 16.6. The summed E-state index contributed by atoms with van der Waals surface area (Å²) < 4.78 is 10.7. The number of hydrogen-bond donors (Lipinski definition) is 2. The standard InChI is InChI=1S/C22H21N3O3/c26-22(25-12-17-6-7-20-21(10-17)28-15-27-20)18-11-19(14-23-13-18)24-9-8-16-4-2-1-3-5-16/h1-7,10-11,13-14,24H,8-9,12,15H2,(H,25,26). The van der Waals surface area contributed by atoms with E-state index in [1.165, 1.54) is 5.56 Å². The van der Waals surface area contributed by atoms with Gasteiger partial charge in [0.25, 0.3) is 5.91 Å². The van der Waals surface area contributed by atoms with E-state index < -0.39 is 0 Å². The van der Waals surface area contributed by atoms with Crippen molar-refractivity contribution in [2.24, 2.45) is 0 Å². The summed E-state index contributed by atoms with van der Waals surface area (Å²) >= 11 is 0. The molecule has 1 amide bonds. The molecule has 2 N–H and O–H groups in total. The Morgan fingerprint density at radius 2 is 1.82 bits per heavy atom. The third-order valence-corrected chi connectivity index (χ3v) is 4.48. The SMILES string of the molecule is O=C(NCc1ccc2c(c1)OCO2)c1cncc(NCCc2ccccc2)c1. The van der Waals surface area contributed by atoms with Crippen LogP contribution < -0.4 is 20.1 Å². The summed E-state index contributed by atoms with van der Waals surface area (Å²) in [7, 11) is 0. The highest BCUT2D eigenvalue weighted by molar-refractivity contribution is 5.94. The van der Waals surface area contributed by atoms with E-state index in [4.69, 9.17) is 9.47 Å². The first-order valence-electron chi connectivity index (χ1n) is 9.17. The summed E-state index contributed by atoms with van der Waals surface area (Å²) in [5, 5.41) is 6.23. The van der Waals surface area contributed by atoms with Crippen LogP contribution >= 0.6 is 0 Å². The van der Waals surface area contributed by atoms with Gasteiger partial charge in [0.1, 0.15) is 0 Å². The number of aromatic nitrogens is 1. The molecule has 0 bridgehead atoms. The molecule has 2 aromatic carbocycles. The van der Waals surface area contributed by atoms with E-state index in [2.05, 4.69) is 27.8 Å². The van der Waals surface area contributed by atoms with Gasteiger partial charge in [0.15, 0.2) is 11.5 Å². The molecule has 1 aliphatic rings. The molecule has 0 spiro atoms. The number of rotatable bonds is 7. The van der Waals surface area contributed by atoms with Gasteiger partial charge in [-0.2, -0.15) is 0 Å². The topological polar surface area (TPSA) is 72.5 Å². The highest BCUT2D eigenvalue weighted by Gasteiger charge is 2.14. The zero-order chi connectivity index (χ0) is 19.2. The van der Waals surface area contributed by atoms with Crippen molar-refractivity contribution in [2.75, 3.05) is 18.7 Å². The third-order valence-electron chi connectivity index (χ3n) is 4.48. The molecule has 0 unspecified atom stereocenters. The number of hydrogen-bond acceptors (Lipinski definition) is 5. The summed E-state index contributed by atoms with van der Waals surface area (Å²) in [6.07, 6.45) is 4.19. The Balaban J connectivity index is 1.31. The van der Waals surface area contributed by atoms with Gasteiger partial charge in [0, 0.05) is 25.5 Å². The Kier molecular flexibility index (Phi) is 5.38. The molecule has 142 valence electrons. The quantitative estimate of drug-likeness (QED) is 0.662. The Hall–Kier alpha value is -3.54. The van der Waals surface area contributed by atoms with Gasteiger partial charge < -0.3 is 20.1 Å². The van der Waals surface area contributed by atoms with E-state index in [0.29, 0.717) is 17.9 Å². The fourth-order valence-electron chi connectivity index (χ4n) is 2.99. The number of ether oxygens (including phenoxy) is 2. The van der Waals surface area contributed by atoms with E-state index in [-0.39, 0.29) is 12.7 Å². The largest absolute Gasteiger partial charge is 0.454 e. The van der Waals surface area contributed by atoms with Crippen LogP contribution in [-0.4, -0.2) is 24.2 Å². The zero-order valence-corrected chi connectivity index (χ0v) is 15.4. The van der Waals surface area contributed by atoms with E-state index in [1.54, 1.807) is 12.4 Å². The molecule has 0 fully saturated rings. The molecule has 4 rings (SSSR count). The highest BCUT2D eigenvalue weighted by Crippen LogP contribution is 2.32. The first kappa shape index (κ1) is 17.9. The number of anilines is 1. The van der Waals surface area contributed by atoms with Gasteiger partial charge in [-0.3, -0.25) is 9.78 Å². The van der Waals surface area contributed by atoms with E-state index in [1.807, 2.05) is 42.5 Å². The first-order chi connectivity index (χ1) is 13.8. The highest BCUT2D eigenvalue weighted by atomic mass is 16.7. The fraction of sp³-hybridized carbons (Fsp3) is 0.182. The third kappa shape index (κ3) is 4.40. The molecule has 0 saturated carbocycles. The maximum Gasteiger partial charge on any atom is 0.253 e. The van der Waals surface area contributed by atoms with Crippen LogP contribution in [0.4, 0.5) is 5.69 Å². The molecule has 2 heterocycles. The number of fused-ring (bicyclic) bond motifs is 1. The average molecular weight is 375 g/mol. The lowest BCUT2D eigenvalue weighted by atomic mass is 10.1. The first-order valence-corrected chi connectivity index (χ1v) is 9.17. The number of benzene rings is 2. The number of carbonyl (C=O) groups is 1. The normalized spacial score (nSPS) is 11.9. The smallest absolute Gasteiger partial charge is 0.253 e. The second-order valence-electron chi connectivity index (χ2n) is 6.49. The minimum atomic E-state index is -0.170. The second kappa shape index (κ2) is 8.43. The molecule has 28 heavy (non-hydrogen) atoms. The molecule has 0 radical (unpaired) electrons. The predicted molar refractivity (Wildman–Crippen MR) is 107 cm³/mol. The van der Waals surface area contributed by atoms with E-state index in [0.717, 1.165) is 30.0 Å². The molecule has 1 aliphatic heterocycles. The van der Waals surface area contributed by atoms with Crippen molar-refractivity contribution in [1.82, 2.24) is 10.3 Å². The van der Waals surface area contributed by atoms with Crippen LogP contribution in [0.5, 0.6) is 11.5 Å². The molecular formula is C22H21N3O3. The minimum absolute atomic E-state index is 0.170. The van der Waals surface area contributed by atoms with Crippen LogP contribution in [0.15, 0.2) is 67.0 Å². The lowest BCUT2D eigenvalue weighted by molar-refractivity contribution is 0.0950. The Labute approximate surface area is 163 Å². The van der Waals surface area contributed by atoms with Gasteiger partial charge >= 0.3 is 0 Å². The summed E-state index contributed by atoms with van der Waals surface area (Å²) in [5.41, 5.74) is 3.56. The van der Waals surface area contributed by atoms with Crippen molar-refractivity contribution in [3.8, 4) is 11.5 Å². The number of nitrogens with one attached hydrogen (secondary N) is 2. The van der Waals surface area contributed by atoms with E-state index in [9.17, 15) is 4.79 Å². The molecule has 0 atom stereocenters. The maximum absolute atomic E-state index is 12.5. The van der Waals surface area contributed by atoms with Gasteiger partial charge in [-0.1, -0.05) is 36.4 Å². The van der Waals surface area contributed by atoms with Crippen molar-refractivity contribution in [3.63, 3.8) is 0 Å². The molecule has 6 heteroatoms. The molecule has 0 saturated heterocycles. The second-order valence-corrected chi connectivity index (χ2v) is 6.49. The van der Waals surface area contributed by atoms with Gasteiger partial charge in [0.05, 0.1) is 11.3 Å². The molecular weight excluding hydrogens is 354 g/mol. The van der Waals surface area contributed by atoms with Crippen molar-refractivity contribution in [2.45, 2.75) is 13.0 Å². The van der Waals surface area contributed by atoms with Crippen LogP contribution in [0, 0.1) is 0 Å². The minimum Gasteiger partial charge on any atom is -0.454 e. The van der Waals surface area contributed by atoms with Crippen LogP contribution in [-0.2, 0) is 13.0 Å². The lowest BCUT2D eigenvalue weighted by Gasteiger charge is -2.09. The van der Waals surface area contributed by atoms with Gasteiger partial charge in [-0.05, 0) is 35.7 Å². The van der Waals surface area contributed by atoms with Gasteiger partial charge in [-0.15, -0.1) is 0 Å². The van der Waals surface area contributed by atoms with Crippen molar-refractivity contribution < 1.29 is 14.3 Å². The molecule has 6 nitrogen and oxygen atoms in total. The Morgan fingerprint density at radius 3 is 2.71 bits per heavy atom. The summed E-state index contributed by atoms with van der Waals surface area (Å²) in [5.74, 6) is 1.27. The van der Waals surface area contributed by atoms with Crippen molar-refractivity contribution >= 4 is 11.6 Å². The average Bonchev–Trinajstić information content (AvgIpc) is 3.21. The molecule has 3 aromatic rings. The van der Waals surface area contributed by atoms with Gasteiger partial charge in [0.2, 0.25) is 6.79 Å². The zero-order valence-electron chi connectivity index (χ0n) is 15.4. The van der Waals surface area contributed by atoms with E-state index >= 15 is 0 Å². The number of pyridine rings is 1. The van der Waals surface area contributed by atoms with Crippen LogP contribution in [0.1, 0.15) is 21.5 Å². The van der Waals surface area contributed by atoms with Crippen molar-refractivity contribution in [3.05, 3.63) is 83.7 Å². The predicted octanol–water partition coefficient (Wildman–Crippen LogP) is 3.39. The lowest BCUT2D eigenvalue weighted by Crippen LogP contribution is -2.23. The number of carbonyl (C=O) groups excluding carboxylic acids is 1. The van der Waals surface area contributed by atoms with Crippen LogP contribution in [0.3, 0.4) is 0 Å². The van der Waals surface area contributed by atoms with Crippen LogP contribution in [0.25, 0.3) is 0 Å². The van der Waals surface area contributed by atoms with Gasteiger partial charge in [-0.25, -0.2) is 0 Å². The molecule has 1 aromatic heterocycles. The maximum atomic E-state index is 12.5.